The van der Waals surface area contributed by atoms with Crippen molar-refractivity contribution in [3.63, 3.8) is 0 Å². The van der Waals surface area contributed by atoms with Crippen molar-refractivity contribution in [2.24, 2.45) is 0 Å². The highest BCUT2D eigenvalue weighted by molar-refractivity contribution is 6.35. The minimum Gasteiger partial charge on any atom is -0.388 e. The average molecular weight is 2230 g/mol. The van der Waals surface area contributed by atoms with Crippen molar-refractivity contribution in [3.05, 3.63) is 334 Å². The molecule has 8 atom stereocenters. The Hall–Kier alpha value is -10.8. The van der Waals surface area contributed by atoms with Crippen LogP contribution in [0.1, 0.15) is 172 Å². The molecule has 9 aromatic rings. The summed E-state index contributed by atoms with van der Waals surface area (Å²) in [5, 5.41) is 164. The van der Waals surface area contributed by atoms with E-state index in [0.29, 0.717) is 48.5 Å². The van der Waals surface area contributed by atoms with E-state index in [9.17, 15) is 157 Å². The zero-order valence-electron chi connectivity index (χ0n) is 79.4. The molecule has 56 heteroatoms. The minimum absolute atomic E-state index is 0.327. The summed E-state index contributed by atoms with van der Waals surface area (Å²) >= 11 is 44.5. The lowest BCUT2D eigenvalue weighted by Gasteiger charge is -2.38. The number of aliphatic hydroxyl groups is 8. The van der Waals surface area contributed by atoms with Gasteiger partial charge in [-0.3, -0.25) is 101 Å². The van der Waals surface area contributed by atoms with Crippen LogP contribution in [0.15, 0.2) is 122 Å². The van der Waals surface area contributed by atoms with E-state index in [1.807, 2.05) is 0 Å². The third kappa shape index (κ3) is 40.4. The highest BCUT2D eigenvalue weighted by atomic mass is 35.5. The van der Waals surface area contributed by atoms with Gasteiger partial charge in [0.1, 0.15) is 86.7 Å². The Labute approximate surface area is 869 Å². The molecular weight excluding hydrogens is 2120 g/mol. The van der Waals surface area contributed by atoms with Crippen molar-refractivity contribution >= 4 is 138 Å². The lowest BCUT2D eigenvalue weighted by molar-refractivity contribution is -0.385. The Morgan fingerprint density at radius 3 is 0.486 bits per heavy atom. The molecule has 0 spiro atoms. The van der Waals surface area contributed by atoms with E-state index >= 15 is 0 Å². The van der Waals surface area contributed by atoms with Gasteiger partial charge in [-0.1, -0.05) is 92.8 Å². The van der Waals surface area contributed by atoms with Crippen molar-refractivity contribution in [3.8, 4) is 0 Å². The summed E-state index contributed by atoms with van der Waals surface area (Å²) in [6.07, 6.45) is -8.64. The summed E-state index contributed by atoms with van der Waals surface area (Å²) in [5.74, 6) is -7.96. The molecule has 0 radical (unpaired) electrons. The number of aromatic nitrogens is 2. The second-order valence-electron chi connectivity index (χ2n) is 33.5. The number of halogens is 16. The number of benzene rings is 8. The normalized spacial score (nSPS) is 14.4. The maximum absolute atomic E-state index is 14.0. The van der Waals surface area contributed by atoms with Gasteiger partial charge >= 0.3 is 0 Å². The van der Waals surface area contributed by atoms with E-state index in [4.69, 9.17) is 92.8 Å². The second-order valence-corrected chi connectivity index (χ2v) is 36.7. The molecule has 0 amide bonds. The minimum atomic E-state index is -1.57. The molecule has 8 aromatic carbocycles. The Kier molecular flexibility index (Phi) is 53.5. The molecule has 0 unspecified atom stereocenters. The van der Waals surface area contributed by atoms with Gasteiger partial charge in [0.05, 0.1) is 88.2 Å². The highest BCUT2D eigenvalue weighted by Crippen LogP contribution is 2.43. The molecule has 11 rings (SSSR count). The van der Waals surface area contributed by atoms with Gasteiger partial charge in [-0.25, -0.2) is 35.1 Å². The first-order valence-electron chi connectivity index (χ1n) is 43.5. The van der Waals surface area contributed by atoms with Gasteiger partial charge in [-0.05, 0) is 170 Å². The van der Waals surface area contributed by atoms with Crippen LogP contribution in [-0.2, 0) is 0 Å². The van der Waals surface area contributed by atoms with Crippen molar-refractivity contribution in [1.29, 1.82) is 0 Å². The van der Waals surface area contributed by atoms with Crippen molar-refractivity contribution in [2.45, 2.75) is 140 Å². The number of nitro groups is 8. The van der Waals surface area contributed by atoms with Crippen LogP contribution in [-0.4, -0.2) is 239 Å². The average Bonchev–Trinajstić information content (AvgIpc) is 0.819. The Balaban J connectivity index is 0.000000365. The first-order chi connectivity index (χ1) is 68.1. The number of hydrogen-bond donors (Lipinski definition) is 8. The zero-order chi connectivity index (χ0) is 111. The SMILES string of the molecule is CC(C)N1CCN(C(C)C)CC1.CN(C)CCN(C)C.CN1CCN(C)CC1.O=[N+]([O-])c1cc([C@H](O)CC[C@H](O)c2cc([N+](=O)[O-])c(Cl)cc2F)c(F)cc1Cl.O=[N+]([O-])c1cc([C@H](O)CC[C@H](O)c2cc([N+](=O)[O-])c(Cl)cc2F)c(F)cc1Cl.O=[N+]([O-])c1cc([C@H](O)CC[C@H](O)c2cc([N+](=O)[O-])c(Cl)cc2F)c(F)cc1Cl.O=[N+]([O-])c1cc([C@H](O)CC[C@H](O)c2cc([N+](=O)[O-])c(Cl)cc2F)c(F)cc1Cl.c1cnccn1. The largest absolute Gasteiger partial charge is 0.388 e. The molecule has 800 valence electrons. The van der Waals surface area contributed by atoms with E-state index in [2.05, 4.69) is 109 Å². The van der Waals surface area contributed by atoms with E-state index in [1.165, 1.54) is 52.4 Å². The summed E-state index contributed by atoms with van der Waals surface area (Å²) in [6, 6.07) is 13.0. The fourth-order valence-corrected chi connectivity index (χ4v) is 15.2. The van der Waals surface area contributed by atoms with Gasteiger partial charge in [-0.15, -0.1) is 0 Å². The van der Waals surface area contributed by atoms with Gasteiger partial charge in [0.25, 0.3) is 45.5 Å². The standard InChI is InChI=1S/4C16H12Cl2F2N2O6.C10H22N2.C6H14N2.C6H16N2.C4H4N2/c4*17-9-5-11(19)7(3-13(9)21(25)26)15(23)1-2-16(24)8-4-14(22(27)28)10(18)6-12(8)20;1-9(2)11-5-7-12(8-6-11)10(3)4;1-7-3-5-8(2)6-4-7;1-7(2)5-6-8(3)4;1-2-6-4-3-5-1/h4*3-6,15-16,23-24H,1-2H2;9-10H,5-8H2,1-4H3;3-6H2,1-2H3;5-6H2,1-4H3;1-4H/t4*15-,16+;;;;. The monoisotopic (exact) mass is 2220 g/mol. The fraction of sp³-hybridized carbons (Fsp3) is 0.422. The Bertz CT molecular complexity index is 4990. The van der Waals surface area contributed by atoms with Crippen molar-refractivity contribution in [1.82, 2.24) is 39.4 Å². The number of nitro benzene ring substituents is 8. The molecular formula is C90H104Cl8F8N16O24. The van der Waals surface area contributed by atoms with Crippen molar-refractivity contribution < 1.29 is 115 Å². The molecule has 8 N–H and O–H groups in total. The Morgan fingerprint density at radius 1 is 0.267 bits per heavy atom. The van der Waals surface area contributed by atoms with Crippen LogP contribution in [0, 0.1) is 127 Å². The van der Waals surface area contributed by atoms with Crippen LogP contribution in [0.3, 0.4) is 0 Å². The summed E-state index contributed by atoms with van der Waals surface area (Å²) in [4.78, 5) is 102. The lowest BCUT2D eigenvalue weighted by atomic mass is 9.98. The highest BCUT2D eigenvalue weighted by Gasteiger charge is 2.33. The third-order valence-corrected chi connectivity index (χ3v) is 24.3. The van der Waals surface area contributed by atoms with E-state index < -0.39 is 265 Å². The van der Waals surface area contributed by atoms with Crippen molar-refractivity contribution in [2.75, 3.05) is 108 Å². The number of rotatable bonds is 33. The topological polar surface area (TPSA) is 552 Å². The zero-order valence-corrected chi connectivity index (χ0v) is 85.4. The molecule has 2 saturated heterocycles. The van der Waals surface area contributed by atoms with Gasteiger partial charge in [0.15, 0.2) is 0 Å². The number of aliphatic hydroxyl groups excluding tert-OH is 8. The van der Waals surface area contributed by atoms with Crippen LogP contribution in [0.4, 0.5) is 80.6 Å². The Morgan fingerprint density at radius 2 is 0.390 bits per heavy atom. The molecule has 0 saturated carbocycles. The molecule has 0 bridgehead atoms. The molecule has 0 aliphatic carbocycles. The van der Waals surface area contributed by atoms with Crippen LogP contribution in [0.5, 0.6) is 0 Å². The summed E-state index contributed by atoms with van der Waals surface area (Å²) in [5.41, 5.74) is -8.31. The molecule has 40 nitrogen and oxygen atoms in total. The van der Waals surface area contributed by atoms with E-state index in [0.717, 1.165) is 73.7 Å². The molecule has 1 aromatic heterocycles. The predicted molar refractivity (Wildman–Crippen MR) is 529 cm³/mol. The van der Waals surface area contributed by atoms with Gasteiger partial charge in [0, 0.05) is 195 Å². The third-order valence-electron chi connectivity index (χ3n) is 21.8. The predicted octanol–water partition coefficient (Wildman–Crippen LogP) is 20.4. The molecule has 146 heavy (non-hydrogen) atoms. The lowest BCUT2D eigenvalue weighted by Crippen LogP contribution is -2.50. The first-order valence-corrected chi connectivity index (χ1v) is 46.5. The molecule has 2 aliphatic heterocycles. The first kappa shape index (κ1) is 128. The molecule has 2 aliphatic rings. The summed E-state index contributed by atoms with van der Waals surface area (Å²) in [6.45, 7) is 21.3. The van der Waals surface area contributed by atoms with Crippen LogP contribution < -0.4 is 0 Å². The van der Waals surface area contributed by atoms with Gasteiger partial charge < -0.3 is 60.5 Å². The summed E-state index contributed by atoms with van der Waals surface area (Å²) in [7, 11) is 12.7. The fourth-order valence-electron chi connectivity index (χ4n) is 13.4. The summed E-state index contributed by atoms with van der Waals surface area (Å²) < 4.78 is 112. The van der Waals surface area contributed by atoms with Gasteiger partial charge in [-0.2, -0.15) is 0 Å². The number of nitrogens with zero attached hydrogens (tertiary/aromatic N) is 16. The van der Waals surface area contributed by atoms with Crippen LogP contribution >= 0.6 is 92.8 Å². The van der Waals surface area contributed by atoms with E-state index in [-0.39, 0.29) is 51.4 Å². The smallest absolute Gasteiger partial charge is 0.288 e. The number of hydrogen-bond acceptors (Lipinski definition) is 32. The number of piperazine rings is 2. The van der Waals surface area contributed by atoms with Crippen LogP contribution in [0.25, 0.3) is 0 Å². The molecule has 3 heterocycles. The van der Waals surface area contributed by atoms with E-state index in [1.54, 1.807) is 24.8 Å². The number of likely N-dealkylation sites (N-methyl/N-ethyl adjacent to an activating group) is 4. The van der Waals surface area contributed by atoms with Crippen LogP contribution in [0.2, 0.25) is 40.2 Å². The second kappa shape index (κ2) is 61.3. The molecule has 2 fully saturated rings. The quantitative estimate of drug-likeness (QED) is 0.0108. The van der Waals surface area contributed by atoms with Gasteiger partial charge in [0.2, 0.25) is 0 Å². The maximum Gasteiger partial charge on any atom is 0.288 e. The maximum atomic E-state index is 14.0.